The molecule has 19 heavy (non-hydrogen) atoms. The highest BCUT2D eigenvalue weighted by Gasteiger charge is 2.17. The van der Waals surface area contributed by atoms with Gasteiger partial charge >= 0.3 is 0 Å². The van der Waals surface area contributed by atoms with Crippen LogP contribution in [0, 0.1) is 0 Å². The monoisotopic (exact) mass is 305 g/mol. The molecule has 0 amide bonds. The van der Waals surface area contributed by atoms with E-state index in [2.05, 4.69) is 4.72 Å². The third-order valence-electron chi connectivity index (χ3n) is 2.61. The quantitative estimate of drug-likeness (QED) is 0.798. The molecule has 0 radical (unpaired) electrons. The first kappa shape index (κ1) is 16.4. The van der Waals surface area contributed by atoms with Gasteiger partial charge in [0.05, 0.1) is 0 Å². The Kier molecular flexibility index (Phi) is 6.22. The van der Waals surface area contributed by atoms with Crippen LogP contribution in [0.15, 0.2) is 24.3 Å². The number of nitrogens with zero attached hydrogens (tertiary/aromatic N) is 1. The van der Waals surface area contributed by atoms with Gasteiger partial charge in [-0.05, 0) is 31.0 Å². The van der Waals surface area contributed by atoms with Crippen molar-refractivity contribution in [2.75, 3.05) is 13.6 Å². The highest BCUT2D eigenvalue weighted by atomic mass is 35.5. The number of halogens is 1. The fourth-order valence-corrected chi connectivity index (χ4v) is 2.50. The van der Waals surface area contributed by atoms with E-state index in [1.165, 1.54) is 11.4 Å². The summed E-state index contributed by atoms with van der Waals surface area (Å²) in [5.41, 5.74) is 6.45. The Balaban J connectivity index is 2.55. The Morgan fingerprint density at radius 3 is 2.47 bits per heavy atom. The van der Waals surface area contributed by atoms with E-state index in [-0.39, 0.29) is 6.04 Å². The van der Waals surface area contributed by atoms with Gasteiger partial charge in [0.1, 0.15) is 0 Å². The third kappa shape index (κ3) is 5.88. The minimum absolute atomic E-state index is 0.0238. The molecule has 0 spiro atoms. The summed E-state index contributed by atoms with van der Waals surface area (Å²) in [6, 6.07) is 7.05. The highest BCUT2D eigenvalue weighted by Crippen LogP contribution is 2.11. The van der Waals surface area contributed by atoms with Gasteiger partial charge in [-0.15, -0.1) is 0 Å². The normalized spacial score (nSPS) is 13.7. The standard InChI is InChI=1S/C12H20ClN3O2S/c1-10(14)7-8-15-19(17,18)16(2)9-11-3-5-12(13)6-4-11/h3-6,10,15H,7-9,14H2,1-2H3/t10-/m1/s1. The highest BCUT2D eigenvalue weighted by molar-refractivity contribution is 7.87. The number of hydrogen-bond acceptors (Lipinski definition) is 3. The lowest BCUT2D eigenvalue weighted by Gasteiger charge is -2.18. The van der Waals surface area contributed by atoms with Crippen molar-refractivity contribution < 1.29 is 8.42 Å². The van der Waals surface area contributed by atoms with E-state index >= 15 is 0 Å². The summed E-state index contributed by atoms with van der Waals surface area (Å²) in [7, 11) is -1.94. The molecule has 108 valence electrons. The average molecular weight is 306 g/mol. The van der Waals surface area contributed by atoms with Gasteiger partial charge in [0.2, 0.25) is 0 Å². The van der Waals surface area contributed by atoms with Gasteiger partial charge in [0, 0.05) is 31.2 Å². The third-order valence-corrected chi connectivity index (χ3v) is 4.38. The van der Waals surface area contributed by atoms with Crippen LogP contribution in [0.4, 0.5) is 0 Å². The second kappa shape index (κ2) is 7.21. The summed E-state index contributed by atoms with van der Waals surface area (Å²) in [5.74, 6) is 0. The summed E-state index contributed by atoms with van der Waals surface area (Å²) in [6.45, 7) is 2.47. The van der Waals surface area contributed by atoms with Crippen molar-refractivity contribution in [3.63, 3.8) is 0 Å². The van der Waals surface area contributed by atoms with Crippen LogP contribution in [0.1, 0.15) is 18.9 Å². The van der Waals surface area contributed by atoms with Crippen LogP contribution in [0.2, 0.25) is 5.02 Å². The number of hydrogen-bond donors (Lipinski definition) is 2. The topological polar surface area (TPSA) is 75.4 Å². The van der Waals surface area contributed by atoms with Crippen LogP contribution in [0.3, 0.4) is 0 Å². The molecule has 0 saturated heterocycles. The second-order valence-electron chi connectivity index (χ2n) is 4.55. The van der Waals surface area contributed by atoms with Crippen molar-refractivity contribution in [2.45, 2.75) is 25.9 Å². The van der Waals surface area contributed by atoms with Crippen LogP contribution in [0.25, 0.3) is 0 Å². The molecule has 7 heteroatoms. The van der Waals surface area contributed by atoms with E-state index in [4.69, 9.17) is 17.3 Å². The molecule has 1 rings (SSSR count). The van der Waals surface area contributed by atoms with Crippen molar-refractivity contribution in [3.05, 3.63) is 34.9 Å². The molecule has 0 bridgehead atoms. The Bertz CT molecular complexity index is 488. The first-order valence-corrected chi connectivity index (χ1v) is 7.84. The fraction of sp³-hybridized carbons (Fsp3) is 0.500. The summed E-state index contributed by atoms with van der Waals surface area (Å²) >= 11 is 5.78. The summed E-state index contributed by atoms with van der Waals surface area (Å²) in [6.07, 6.45) is 0.605. The van der Waals surface area contributed by atoms with Crippen molar-refractivity contribution in [1.29, 1.82) is 0 Å². The predicted octanol–water partition coefficient (Wildman–Crippen LogP) is 1.34. The van der Waals surface area contributed by atoms with Crippen molar-refractivity contribution in [3.8, 4) is 0 Å². The van der Waals surface area contributed by atoms with E-state index in [9.17, 15) is 8.42 Å². The van der Waals surface area contributed by atoms with Crippen molar-refractivity contribution in [1.82, 2.24) is 9.03 Å². The molecule has 5 nitrogen and oxygen atoms in total. The molecule has 1 atom stereocenters. The molecule has 1 aromatic rings. The van der Waals surface area contributed by atoms with Gasteiger partial charge in [0.25, 0.3) is 10.2 Å². The smallest absolute Gasteiger partial charge is 0.279 e. The zero-order chi connectivity index (χ0) is 14.5. The molecule has 1 aromatic carbocycles. The maximum Gasteiger partial charge on any atom is 0.279 e. The van der Waals surface area contributed by atoms with E-state index in [1.54, 1.807) is 24.3 Å². The summed E-state index contributed by atoms with van der Waals surface area (Å²) in [5, 5.41) is 0.629. The minimum Gasteiger partial charge on any atom is -0.328 e. The molecular formula is C12H20ClN3O2S. The van der Waals surface area contributed by atoms with Gasteiger partial charge in [-0.25, -0.2) is 4.72 Å². The zero-order valence-electron chi connectivity index (χ0n) is 11.1. The molecule has 0 aliphatic rings. The lowest BCUT2D eigenvalue weighted by atomic mass is 10.2. The van der Waals surface area contributed by atoms with E-state index < -0.39 is 10.2 Å². The number of rotatable bonds is 7. The van der Waals surface area contributed by atoms with Crippen LogP contribution in [-0.4, -0.2) is 32.4 Å². The Morgan fingerprint density at radius 2 is 1.95 bits per heavy atom. The van der Waals surface area contributed by atoms with Crippen LogP contribution in [-0.2, 0) is 16.8 Å². The van der Waals surface area contributed by atoms with Gasteiger partial charge < -0.3 is 5.73 Å². The Hall–Kier alpha value is -0.660. The Labute approximate surface area is 119 Å². The van der Waals surface area contributed by atoms with Crippen molar-refractivity contribution >= 4 is 21.8 Å². The average Bonchev–Trinajstić information content (AvgIpc) is 2.31. The predicted molar refractivity (Wildman–Crippen MR) is 78.1 cm³/mol. The SMILES string of the molecule is C[C@@H](N)CCNS(=O)(=O)N(C)Cc1ccc(Cl)cc1. The second-order valence-corrected chi connectivity index (χ2v) is 6.85. The number of nitrogens with two attached hydrogens (primary N) is 1. The minimum atomic E-state index is -3.47. The van der Waals surface area contributed by atoms with Crippen LogP contribution in [0.5, 0.6) is 0 Å². The molecule has 0 heterocycles. The lowest BCUT2D eigenvalue weighted by molar-refractivity contribution is 0.453. The molecule has 0 saturated carbocycles. The van der Waals surface area contributed by atoms with Crippen molar-refractivity contribution in [2.24, 2.45) is 5.73 Å². The summed E-state index contributed by atoms with van der Waals surface area (Å²) < 4.78 is 27.6. The molecule has 0 aliphatic heterocycles. The molecular weight excluding hydrogens is 286 g/mol. The molecule has 0 fully saturated rings. The van der Waals surface area contributed by atoms with Crippen LogP contribution < -0.4 is 10.5 Å². The molecule has 0 aliphatic carbocycles. The van der Waals surface area contributed by atoms with E-state index in [0.29, 0.717) is 24.5 Å². The maximum atomic E-state index is 11.9. The number of benzene rings is 1. The zero-order valence-corrected chi connectivity index (χ0v) is 12.7. The maximum absolute atomic E-state index is 11.9. The molecule has 0 unspecified atom stereocenters. The van der Waals surface area contributed by atoms with Crippen LogP contribution >= 0.6 is 11.6 Å². The Morgan fingerprint density at radius 1 is 1.37 bits per heavy atom. The fourth-order valence-electron chi connectivity index (χ4n) is 1.46. The van der Waals surface area contributed by atoms with Gasteiger partial charge in [-0.3, -0.25) is 0 Å². The largest absolute Gasteiger partial charge is 0.328 e. The van der Waals surface area contributed by atoms with Gasteiger partial charge in [-0.2, -0.15) is 12.7 Å². The molecule has 3 N–H and O–H groups in total. The van der Waals surface area contributed by atoms with Gasteiger partial charge in [0.15, 0.2) is 0 Å². The van der Waals surface area contributed by atoms with Gasteiger partial charge in [-0.1, -0.05) is 23.7 Å². The first-order chi connectivity index (χ1) is 8.81. The lowest BCUT2D eigenvalue weighted by Crippen LogP contribution is -2.39. The van der Waals surface area contributed by atoms with E-state index in [0.717, 1.165) is 5.56 Å². The first-order valence-electron chi connectivity index (χ1n) is 6.02. The number of nitrogens with one attached hydrogen (secondary N) is 1. The van der Waals surface area contributed by atoms with E-state index in [1.807, 2.05) is 6.92 Å². The summed E-state index contributed by atoms with van der Waals surface area (Å²) in [4.78, 5) is 0. The molecule has 0 aromatic heterocycles.